The van der Waals surface area contributed by atoms with E-state index in [0.717, 1.165) is 0 Å². The summed E-state index contributed by atoms with van der Waals surface area (Å²) in [4.78, 5) is 37.3. The molecule has 5 fully saturated rings. The maximum absolute atomic E-state index is 14.4. The lowest BCUT2D eigenvalue weighted by Gasteiger charge is -2.40. The molecular formula is C28H38N10O10P2S2Si. The Morgan fingerprint density at radius 2 is 1.62 bits per heavy atom. The van der Waals surface area contributed by atoms with Crippen molar-refractivity contribution in [1.29, 1.82) is 0 Å². The first kappa shape index (κ1) is 36.4. The Hall–Kier alpha value is -2.21. The van der Waals surface area contributed by atoms with Crippen LogP contribution in [0.5, 0.6) is 0 Å². The standard InChI is InChI=1S/C28H38N10O10P2S2Si/c1-26(2,3)53(4,5)47-17-13-6-42-50(40,52)48-28-14(27(28)8-41-19(28)25(45-27)38-12-36-16-21(30)32-10-34-23(16)38)7-43-49(39,51)46-18(17)24(44-13)37-11-35-15-20(29)31-9-33-22(15)37/h9-14,17-19,24-25H,6-8H2,1-5H3,(H,39,51)(H,40,52)(H2,29,31,33)(H2,30,32,34)/t13-,14?,17?,18-,19+,24-,25-,27-,28+,49?,50?/m1/s1. The van der Waals surface area contributed by atoms with Gasteiger partial charge in [0.05, 0.1) is 38.4 Å². The minimum absolute atomic E-state index is 0.0619. The van der Waals surface area contributed by atoms with Gasteiger partial charge in [-0.15, -0.1) is 0 Å². The number of nitrogens with zero attached hydrogens (tertiary/aromatic N) is 8. The van der Waals surface area contributed by atoms with Crippen molar-refractivity contribution in [3.05, 3.63) is 25.3 Å². The average molecular weight is 829 g/mol. The fourth-order valence-corrected chi connectivity index (χ4v) is 12.2. The van der Waals surface area contributed by atoms with E-state index in [1.54, 1.807) is 9.13 Å². The molecule has 20 nitrogen and oxygen atoms in total. The summed E-state index contributed by atoms with van der Waals surface area (Å²) in [6.45, 7) is 1.57. The van der Waals surface area contributed by atoms with Gasteiger partial charge in [-0.05, 0) is 29.9 Å². The maximum atomic E-state index is 14.4. The fourth-order valence-electron chi connectivity index (χ4n) is 7.70. The second-order valence-corrected chi connectivity index (χ2v) is 25.6. The molecule has 0 aromatic carbocycles. The highest BCUT2D eigenvalue weighted by Crippen LogP contribution is 2.79. The molecule has 4 aromatic heterocycles. The number of ether oxygens (including phenoxy) is 3. The number of imidazole rings is 2. The largest absolute Gasteiger partial charge is 0.408 e. The smallest absolute Gasteiger partial charge is 0.386 e. The SMILES string of the molecule is CC(C)(C)[Si](C)(C)OC1[C@H]2OP(O)(=S)OCC3[C@@]45CO[C@@H]([C@H](n6cnc7c(N)ncnc76)O4)[C@@]35OP(=O)(S)OC[C@H]1O[C@H]2n1cnc2c(N)ncnc21. The molecule has 1 spiro atoms. The second-order valence-electron chi connectivity index (χ2n) is 15.2. The normalized spacial score (nSPS) is 40.1. The van der Waals surface area contributed by atoms with Gasteiger partial charge in [0.15, 0.2) is 43.7 Å². The molecule has 1 saturated carbocycles. The number of thiol groups is 1. The Labute approximate surface area is 313 Å². The lowest BCUT2D eigenvalue weighted by atomic mass is 10.1. The molecule has 4 aliphatic heterocycles. The zero-order valence-electron chi connectivity index (χ0n) is 29.1. The highest BCUT2D eigenvalue weighted by molar-refractivity contribution is 8.44. The molecule has 5 N–H and O–H groups in total. The van der Waals surface area contributed by atoms with E-state index in [9.17, 15) is 9.46 Å². The molecule has 1 aliphatic carbocycles. The predicted octanol–water partition coefficient (Wildman–Crippen LogP) is 2.86. The molecular weight excluding hydrogens is 791 g/mol. The van der Waals surface area contributed by atoms with E-state index < -0.39 is 75.8 Å². The Kier molecular flexibility index (Phi) is 8.18. The molecule has 25 heteroatoms. The Morgan fingerprint density at radius 1 is 1.00 bits per heavy atom. The van der Waals surface area contributed by atoms with E-state index in [1.807, 2.05) is 0 Å². The molecule has 8 heterocycles. The number of aromatic nitrogens is 8. The van der Waals surface area contributed by atoms with Crippen LogP contribution in [0.3, 0.4) is 0 Å². The van der Waals surface area contributed by atoms with Gasteiger partial charge in [-0.1, -0.05) is 33.0 Å². The van der Waals surface area contributed by atoms with E-state index in [-0.39, 0.29) is 36.5 Å². The monoisotopic (exact) mass is 828 g/mol. The first-order chi connectivity index (χ1) is 24.9. The van der Waals surface area contributed by atoms with Crippen molar-refractivity contribution in [3.8, 4) is 0 Å². The first-order valence-corrected chi connectivity index (χ1v) is 24.9. The van der Waals surface area contributed by atoms with E-state index in [2.05, 4.69) is 76.0 Å². The lowest BCUT2D eigenvalue weighted by molar-refractivity contribution is -0.184. The van der Waals surface area contributed by atoms with Crippen molar-refractivity contribution in [1.82, 2.24) is 39.0 Å². The molecule has 4 unspecified atom stereocenters. The average Bonchev–Trinajstić information content (AvgIpc) is 3.73. The van der Waals surface area contributed by atoms with Gasteiger partial charge in [-0.3, -0.25) is 22.7 Å². The van der Waals surface area contributed by atoms with Gasteiger partial charge in [0.2, 0.25) is 0 Å². The van der Waals surface area contributed by atoms with Gasteiger partial charge in [0, 0.05) is 0 Å². The maximum Gasteiger partial charge on any atom is 0.386 e. The molecule has 4 saturated heterocycles. The van der Waals surface area contributed by atoms with E-state index >= 15 is 0 Å². The summed E-state index contributed by atoms with van der Waals surface area (Å²) >= 11 is 10.1. The van der Waals surface area contributed by atoms with Gasteiger partial charge in [0.1, 0.15) is 59.3 Å². The van der Waals surface area contributed by atoms with Crippen molar-refractivity contribution in [2.75, 3.05) is 31.3 Å². The molecule has 286 valence electrons. The number of nitrogen functional groups attached to an aromatic ring is 2. The summed E-state index contributed by atoms with van der Waals surface area (Å²) in [5.41, 5.74) is 11.0. The molecule has 0 radical (unpaired) electrons. The van der Waals surface area contributed by atoms with Gasteiger partial charge in [-0.2, -0.15) is 0 Å². The van der Waals surface area contributed by atoms with Gasteiger partial charge in [-0.25, -0.2) is 34.5 Å². The molecule has 0 amide bonds. The minimum Gasteiger partial charge on any atom is -0.408 e. The van der Waals surface area contributed by atoms with Crippen LogP contribution >= 0.6 is 25.8 Å². The molecule has 53 heavy (non-hydrogen) atoms. The number of hydrogen-bond donors (Lipinski definition) is 4. The van der Waals surface area contributed by atoms with Crippen LogP contribution in [0.2, 0.25) is 18.1 Å². The van der Waals surface area contributed by atoms with Crippen molar-refractivity contribution in [3.63, 3.8) is 0 Å². The van der Waals surface area contributed by atoms with Crippen LogP contribution in [-0.2, 0) is 53.1 Å². The van der Waals surface area contributed by atoms with E-state index in [4.69, 9.17) is 60.0 Å². The number of nitrogens with two attached hydrogens (primary N) is 2. The Bertz CT molecular complexity index is 2250. The summed E-state index contributed by atoms with van der Waals surface area (Å²) in [6, 6.07) is 0. The zero-order chi connectivity index (χ0) is 37.5. The van der Waals surface area contributed by atoms with Crippen LogP contribution in [-0.4, -0.2) is 108 Å². The number of rotatable bonds is 4. The van der Waals surface area contributed by atoms with Crippen LogP contribution < -0.4 is 11.5 Å². The molecule has 4 bridgehead atoms. The fraction of sp³-hybridized carbons (Fsp3) is 0.643. The van der Waals surface area contributed by atoms with Crippen molar-refractivity contribution >= 4 is 79.9 Å². The summed E-state index contributed by atoms with van der Waals surface area (Å²) < 4.78 is 68.9. The highest BCUT2D eigenvalue weighted by Gasteiger charge is 2.93. The summed E-state index contributed by atoms with van der Waals surface area (Å²) in [7, 11) is -2.59. The van der Waals surface area contributed by atoms with Crippen molar-refractivity contribution in [2.24, 2.45) is 5.92 Å². The first-order valence-electron chi connectivity index (χ1n) is 16.7. The third-order valence-corrected chi connectivity index (χ3v) is 19.0. The highest BCUT2D eigenvalue weighted by atomic mass is 32.7. The van der Waals surface area contributed by atoms with Crippen LogP contribution in [0.15, 0.2) is 25.3 Å². The van der Waals surface area contributed by atoms with Gasteiger partial charge < -0.3 is 39.5 Å². The van der Waals surface area contributed by atoms with Crippen LogP contribution in [0.1, 0.15) is 33.2 Å². The number of anilines is 2. The van der Waals surface area contributed by atoms with Gasteiger partial charge in [0.25, 0.3) is 0 Å². The van der Waals surface area contributed by atoms with Crippen molar-refractivity contribution < 1.29 is 46.2 Å². The zero-order valence-corrected chi connectivity index (χ0v) is 33.6. The Balaban J connectivity index is 1.08. The number of fused-ring (bicyclic) bond motifs is 4. The van der Waals surface area contributed by atoms with Crippen molar-refractivity contribution in [2.45, 2.75) is 87.0 Å². The summed E-state index contributed by atoms with van der Waals surface area (Å²) in [5, 5.41) is -0.253. The van der Waals surface area contributed by atoms with Gasteiger partial charge >= 0.3 is 13.5 Å². The van der Waals surface area contributed by atoms with Crippen LogP contribution in [0, 0.1) is 5.92 Å². The third kappa shape index (κ3) is 5.42. The predicted molar refractivity (Wildman–Crippen MR) is 195 cm³/mol. The second kappa shape index (κ2) is 11.9. The van der Waals surface area contributed by atoms with Crippen LogP contribution in [0.25, 0.3) is 22.3 Å². The topological polar surface area (TPSA) is 250 Å². The molecule has 4 aromatic rings. The molecule has 9 rings (SSSR count). The molecule has 11 atom stereocenters. The summed E-state index contributed by atoms with van der Waals surface area (Å²) in [6.07, 6.45) is -0.0344. The number of hydrogen-bond acceptors (Lipinski definition) is 18. The summed E-state index contributed by atoms with van der Waals surface area (Å²) in [5.74, 6) is -0.268. The lowest BCUT2D eigenvalue weighted by Crippen LogP contribution is -2.50. The van der Waals surface area contributed by atoms with Crippen LogP contribution in [0.4, 0.5) is 11.6 Å². The minimum atomic E-state index is -4.24. The quantitative estimate of drug-likeness (QED) is 0.131. The van der Waals surface area contributed by atoms with E-state index in [1.165, 1.54) is 25.3 Å². The Morgan fingerprint density at radius 3 is 2.25 bits per heavy atom. The van der Waals surface area contributed by atoms with E-state index in [0.29, 0.717) is 22.3 Å². The third-order valence-electron chi connectivity index (χ3n) is 11.3. The molecule has 5 aliphatic rings.